The zero-order valence-corrected chi connectivity index (χ0v) is 11.5. The summed E-state index contributed by atoms with van der Waals surface area (Å²) in [5, 5.41) is 10.9. The largest absolute Gasteiger partial charge is 0.489 e. The average Bonchev–Trinajstić information content (AvgIpc) is 2.37. The van der Waals surface area contributed by atoms with Crippen molar-refractivity contribution in [1.82, 2.24) is 0 Å². The molecule has 4 heteroatoms. The Hall–Kier alpha value is -1.55. The van der Waals surface area contributed by atoms with Crippen molar-refractivity contribution in [2.75, 3.05) is 7.11 Å². The molecule has 0 saturated heterocycles. The fraction of sp³-hybridized carbons (Fsp3) is 0.214. The first-order chi connectivity index (χ1) is 8.61. The van der Waals surface area contributed by atoms with Crippen LogP contribution in [0.2, 0.25) is 0 Å². The smallest absolute Gasteiger partial charge is 0.304 e. The fourth-order valence-corrected chi connectivity index (χ4v) is 2.30. The number of ether oxygens (including phenoxy) is 1. The summed E-state index contributed by atoms with van der Waals surface area (Å²) in [6, 6.07) is 5.89. The van der Waals surface area contributed by atoms with Crippen LogP contribution < -0.4 is 10.4 Å². The standard InChI is InChI=1S/C14H13BrO3/c1-18-14(15)11-6-5-9-3-2-4-10(8-13(16)17)12(9)7-11/h2-7,10H,8H2,1H3,(H,16,17). The Kier molecular flexibility index (Phi) is 3.87. The van der Waals surface area contributed by atoms with Crippen LogP contribution in [0.1, 0.15) is 17.9 Å². The lowest BCUT2D eigenvalue weighted by Crippen LogP contribution is -2.21. The molecule has 1 aliphatic carbocycles. The van der Waals surface area contributed by atoms with Crippen molar-refractivity contribution < 1.29 is 14.6 Å². The summed E-state index contributed by atoms with van der Waals surface area (Å²) in [4.78, 5) is 10.9. The predicted molar refractivity (Wildman–Crippen MR) is 73.6 cm³/mol. The summed E-state index contributed by atoms with van der Waals surface area (Å²) in [5.41, 5.74) is 1.02. The number of aliphatic carboxylic acids is 1. The molecular formula is C14H13BrO3. The van der Waals surface area contributed by atoms with Gasteiger partial charge in [-0.25, -0.2) is 0 Å². The Balaban J connectivity index is 2.54. The van der Waals surface area contributed by atoms with E-state index in [1.165, 1.54) is 0 Å². The number of rotatable bonds is 3. The van der Waals surface area contributed by atoms with Crippen LogP contribution in [-0.2, 0) is 9.53 Å². The second kappa shape index (κ2) is 5.40. The maximum absolute atomic E-state index is 10.9. The average molecular weight is 309 g/mol. The van der Waals surface area contributed by atoms with Gasteiger partial charge in [0.15, 0.2) is 4.67 Å². The van der Waals surface area contributed by atoms with Gasteiger partial charge in [-0.2, -0.15) is 0 Å². The third-order valence-corrected chi connectivity index (χ3v) is 3.69. The number of carbonyl (C=O) groups is 1. The summed E-state index contributed by atoms with van der Waals surface area (Å²) in [7, 11) is 1.59. The molecule has 1 atom stereocenters. The first-order valence-electron chi connectivity index (χ1n) is 5.56. The number of halogens is 1. The van der Waals surface area contributed by atoms with Gasteiger partial charge in [0.05, 0.1) is 13.5 Å². The third-order valence-electron chi connectivity index (χ3n) is 2.91. The Morgan fingerprint density at radius 2 is 2.28 bits per heavy atom. The number of fused-ring (bicyclic) bond motifs is 1. The highest BCUT2D eigenvalue weighted by molar-refractivity contribution is 9.14. The van der Waals surface area contributed by atoms with E-state index in [1.54, 1.807) is 7.11 Å². The van der Waals surface area contributed by atoms with E-state index < -0.39 is 5.97 Å². The van der Waals surface area contributed by atoms with Gasteiger partial charge < -0.3 is 9.84 Å². The molecule has 0 saturated carbocycles. The number of benzene rings is 1. The Morgan fingerprint density at radius 1 is 1.50 bits per heavy atom. The highest BCUT2D eigenvalue weighted by Gasteiger charge is 2.15. The molecule has 0 radical (unpaired) electrons. The SMILES string of the molecule is COC(Br)=c1ccc2c(c1)C(CC(=O)O)C=CC=2. The molecule has 1 N–H and O–H groups in total. The molecule has 0 aromatic heterocycles. The molecule has 3 nitrogen and oxygen atoms in total. The van der Waals surface area contributed by atoms with Crippen molar-refractivity contribution in [2.45, 2.75) is 12.3 Å². The quantitative estimate of drug-likeness (QED) is 0.924. The van der Waals surface area contributed by atoms with Crippen LogP contribution >= 0.6 is 15.9 Å². The van der Waals surface area contributed by atoms with Crippen molar-refractivity contribution in [3.63, 3.8) is 0 Å². The Bertz CT molecular complexity index is 616. The number of methoxy groups -OCH3 is 1. The minimum Gasteiger partial charge on any atom is -0.489 e. The third kappa shape index (κ3) is 2.64. The topological polar surface area (TPSA) is 46.5 Å². The van der Waals surface area contributed by atoms with Crippen molar-refractivity contribution in [1.29, 1.82) is 0 Å². The van der Waals surface area contributed by atoms with Crippen LogP contribution in [0.4, 0.5) is 0 Å². The molecule has 0 fully saturated rings. The zero-order chi connectivity index (χ0) is 13.1. The second-order valence-corrected chi connectivity index (χ2v) is 4.80. The van der Waals surface area contributed by atoms with Crippen LogP contribution in [-0.4, -0.2) is 18.2 Å². The summed E-state index contributed by atoms with van der Waals surface area (Å²) in [6.07, 6.45) is 5.91. The molecule has 0 bridgehead atoms. The monoisotopic (exact) mass is 308 g/mol. The van der Waals surface area contributed by atoms with Gasteiger partial charge in [0, 0.05) is 11.1 Å². The molecular weight excluding hydrogens is 296 g/mol. The van der Waals surface area contributed by atoms with Gasteiger partial charge in [-0.15, -0.1) is 0 Å². The summed E-state index contributed by atoms with van der Waals surface area (Å²) in [6.45, 7) is 0. The van der Waals surface area contributed by atoms with E-state index in [-0.39, 0.29) is 12.3 Å². The Morgan fingerprint density at radius 3 is 2.94 bits per heavy atom. The number of carboxylic acid groups (broad SMARTS) is 1. The van der Waals surface area contributed by atoms with Crippen LogP contribution in [0.5, 0.6) is 0 Å². The number of allylic oxidation sites excluding steroid dienone is 2. The van der Waals surface area contributed by atoms with E-state index in [2.05, 4.69) is 15.9 Å². The first-order valence-corrected chi connectivity index (χ1v) is 6.35. The van der Waals surface area contributed by atoms with Gasteiger partial charge in [-0.1, -0.05) is 30.4 Å². The minimum atomic E-state index is -0.794. The van der Waals surface area contributed by atoms with Gasteiger partial charge in [-0.05, 0) is 32.8 Å². The first kappa shape index (κ1) is 12.9. The lowest BCUT2D eigenvalue weighted by molar-refractivity contribution is -0.137. The van der Waals surface area contributed by atoms with Crippen molar-refractivity contribution in [3.05, 3.63) is 46.4 Å². The molecule has 0 spiro atoms. The van der Waals surface area contributed by atoms with Gasteiger partial charge >= 0.3 is 5.97 Å². The van der Waals surface area contributed by atoms with E-state index in [0.717, 1.165) is 16.0 Å². The molecule has 0 amide bonds. The molecule has 1 aromatic rings. The molecule has 0 aliphatic heterocycles. The van der Waals surface area contributed by atoms with Crippen LogP contribution in [0.15, 0.2) is 30.4 Å². The Labute approximate surface area is 113 Å². The fourth-order valence-electron chi connectivity index (χ4n) is 2.05. The zero-order valence-electron chi connectivity index (χ0n) is 9.89. The predicted octanol–water partition coefficient (Wildman–Crippen LogP) is 1.70. The number of carboxylic acids is 1. The second-order valence-electron chi connectivity index (χ2n) is 4.08. The summed E-state index contributed by atoms with van der Waals surface area (Å²) in [5.74, 6) is -0.878. The van der Waals surface area contributed by atoms with Crippen molar-refractivity contribution >= 4 is 32.6 Å². The van der Waals surface area contributed by atoms with E-state index in [1.807, 2.05) is 36.4 Å². The maximum Gasteiger partial charge on any atom is 0.304 e. The molecule has 0 heterocycles. The maximum atomic E-state index is 10.9. The van der Waals surface area contributed by atoms with Crippen molar-refractivity contribution in [3.8, 4) is 0 Å². The number of hydrogen-bond acceptors (Lipinski definition) is 2. The van der Waals surface area contributed by atoms with E-state index >= 15 is 0 Å². The molecule has 1 aromatic carbocycles. The molecule has 1 aliphatic rings. The van der Waals surface area contributed by atoms with Crippen molar-refractivity contribution in [2.24, 2.45) is 0 Å². The van der Waals surface area contributed by atoms with E-state index in [9.17, 15) is 4.79 Å². The molecule has 18 heavy (non-hydrogen) atoms. The van der Waals surface area contributed by atoms with Crippen LogP contribution in [0, 0.1) is 0 Å². The summed E-state index contributed by atoms with van der Waals surface area (Å²) >= 11 is 3.33. The summed E-state index contributed by atoms with van der Waals surface area (Å²) < 4.78 is 5.78. The van der Waals surface area contributed by atoms with Gasteiger partial charge in [0.2, 0.25) is 0 Å². The van der Waals surface area contributed by atoms with E-state index in [4.69, 9.17) is 9.84 Å². The highest BCUT2D eigenvalue weighted by Crippen LogP contribution is 2.20. The van der Waals surface area contributed by atoms with Gasteiger partial charge in [0.25, 0.3) is 0 Å². The van der Waals surface area contributed by atoms with Crippen LogP contribution in [0.3, 0.4) is 0 Å². The molecule has 2 rings (SSSR count). The van der Waals surface area contributed by atoms with Gasteiger partial charge in [-0.3, -0.25) is 4.79 Å². The van der Waals surface area contributed by atoms with Crippen LogP contribution in [0.25, 0.3) is 10.7 Å². The van der Waals surface area contributed by atoms with E-state index in [0.29, 0.717) is 4.67 Å². The number of hydrogen-bond donors (Lipinski definition) is 1. The molecule has 94 valence electrons. The molecule has 1 unspecified atom stereocenters. The highest BCUT2D eigenvalue weighted by atomic mass is 79.9. The lowest BCUT2D eigenvalue weighted by Gasteiger charge is -2.15. The lowest BCUT2D eigenvalue weighted by atomic mass is 9.90. The minimum absolute atomic E-state index is 0.0837. The van der Waals surface area contributed by atoms with Gasteiger partial charge in [0.1, 0.15) is 0 Å². The normalized spacial score (nSPS) is 18.7.